The zero-order valence-electron chi connectivity index (χ0n) is 17.3. The number of carbonyl (C=O) groups is 2. The first-order valence-electron chi connectivity index (χ1n) is 10.6. The topological polar surface area (TPSA) is 55.9 Å². The van der Waals surface area contributed by atoms with Gasteiger partial charge in [0.1, 0.15) is 0 Å². The average Bonchev–Trinajstić information content (AvgIpc) is 3.14. The van der Waals surface area contributed by atoms with Crippen molar-refractivity contribution in [1.29, 1.82) is 0 Å². The highest BCUT2D eigenvalue weighted by molar-refractivity contribution is 5.81. The van der Waals surface area contributed by atoms with Crippen LogP contribution in [-0.4, -0.2) is 78.4 Å². The number of benzene rings is 1. The van der Waals surface area contributed by atoms with Crippen molar-refractivity contribution in [3.63, 3.8) is 0 Å². The maximum atomic E-state index is 12.6. The summed E-state index contributed by atoms with van der Waals surface area (Å²) in [6, 6.07) is 7.99. The largest absolute Gasteiger partial charge is 0.351 e. The van der Waals surface area contributed by atoms with Gasteiger partial charge in [-0.2, -0.15) is 0 Å². The van der Waals surface area contributed by atoms with Gasteiger partial charge in [0.05, 0.1) is 12.6 Å². The first kappa shape index (κ1) is 20.8. The van der Waals surface area contributed by atoms with Crippen molar-refractivity contribution >= 4 is 11.8 Å². The predicted molar refractivity (Wildman–Crippen MR) is 111 cm³/mol. The van der Waals surface area contributed by atoms with Gasteiger partial charge in [0.2, 0.25) is 11.8 Å². The number of hydrogen-bond acceptors (Lipinski definition) is 4. The standard InChI is InChI=1S/C22H34N4O2/c1-18-8-3-4-9-20(18)16-23-22(28)19(2)25-13-7-10-24(14-15-25)17-21(27)26-11-5-6-12-26/h3-4,8-9,19H,5-7,10-17H2,1-2H3,(H,23,28). The Hall–Kier alpha value is -1.92. The van der Waals surface area contributed by atoms with Gasteiger partial charge in [-0.25, -0.2) is 0 Å². The van der Waals surface area contributed by atoms with Gasteiger partial charge in [0.25, 0.3) is 0 Å². The van der Waals surface area contributed by atoms with E-state index in [-0.39, 0.29) is 17.9 Å². The molecule has 154 valence electrons. The molecule has 1 aromatic rings. The lowest BCUT2D eigenvalue weighted by molar-refractivity contribution is -0.131. The van der Waals surface area contributed by atoms with Gasteiger partial charge in [-0.15, -0.1) is 0 Å². The van der Waals surface area contributed by atoms with E-state index >= 15 is 0 Å². The number of hydrogen-bond donors (Lipinski definition) is 1. The summed E-state index contributed by atoms with van der Waals surface area (Å²) in [7, 11) is 0. The molecule has 28 heavy (non-hydrogen) atoms. The molecule has 2 amide bonds. The Balaban J connectivity index is 1.45. The third kappa shape index (κ3) is 5.55. The summed E-state index contributed by atoms with van der Waals surface area (Å²) in [5, 5.41) is 3.08. The summed E-state index contributed by atoms with van der Waals surface area (Å²) < 4.78 is 0. The minimum atomic E-state index is -0.154. The highest BCUT2D eigenvalue weighted by Crippen LogP contribution is 2.12. The van der Waals surface area contributed by atoms with Gasteiger partial charge >= 0.3 is 0 Å². The number of aryl methyl sites for hydroxylation is 1. The summed E-state index contributed by atoms with van der Waals surface area (Å²) in [4.78, 5) is 31.5. The van der Waals surface area contributed by atoms with Gasteiger partial charge in [-0.3, -0.25) is 19.4 Å². The van der Waals surface area contributed by atoms with E-state index in [9.17, 15) is 9.59 Å². The molecular formula is C22H34N4O2. The lowest BCUT2D eigenvalue weighted by Crippen LogP contribution is -2.46. The molecule has 2 aliphatic rings. The van der Waals surface area contributed by atoms with Crippen LogP contribution in [0.1, 0.15) is 37.3 Å². The van der Waals surface area contributed by atoms with Gasteiger partial charge in [-0.1, -0.05) is 24.3 Å². The predicted octanol–water partition coefficient (Wildman–Crippen LogP) is 1.63. The molecule has 0 aromatic heterocycles. The van der Waals surface area contributed by atoms with Crippen LogP contribution >= 0.6 is 0 Å². The number of nitrogens with one attached hydrogen (secondary N) is 1. The Morgan fingerprint density at radius 3 is 2.50 bits per heavy atom. The Bertz CT molecular complexity index is 672. The Morgan fingerprint density at radius 2 is 1.75 bits per heavy atom. The number of rotatable bonds is 6. The fourth-order valence-electron chi connectivity index (χ4n) is 4.10. The highest BCUT2D eigenvalue weighted by atomic mass is 16.2. The molecule has 1 atom stereocenters. The fourth-order valence-corrected chi connectivity index (χ4v) is 4.10. The lowest BCUT2D eigenvalue weighted by atomic mass is 10.1. The molecule has 2 aliphatic heterocycles. The molecule has 0 spiro atoms. The van der Waals surface area contributed by atoms with Crippen molar-refractivity contribution in [2.45, 2.75) is 45.7 Å². The van der Waals surface area contributed by atoms with Crippen LogP contribution in [0.4, 0.5) is 0 Å². The molecule has 6 heteroatoms. The normalized spacial score (nSPS) is 20.0. The molecule has 2 heterocycles. The molecular weight excluding hydrogens is 352 g/mol. The Morgan fingerprint density at radius 1 is 1.00 bits per heavy atom. The summed E-state index contributed by atoms with van der Waals surface area (Å²) >= 11 is 0. The molecule has 0 radical (unpaired) electrons. The van der Waals surface area contributed by atoms with Crippen LogP contribution in [0.5, 0.6) is 0 Å². The van der Waals surface area contributed by atoms with E-state index in [0.29, 0.717) is 13.1 Å². The second-order valence-electron chi connectivity index (χ2n) is 8.07. The third-order valence-corrected chi connectivity index (χ3v) is 6.08. The number of nitrogens with zero attached hydrogens (tertiary/aromatic N) is 3. The minimum absolute atomic E-state index is 0.0739. The maximum Gasteiger partial charge on any atom is 0.237 e. The van der Waals surface area contributed by atoms with Crippen LogP contribution in [0.15, 0.2) is 24.3 Å². The van der Waals surface area contributed by atoms with Crippen LogP contribution in [0.3, 0.4) is 0 Å². The monoisotopic (exact) mass is 386 g/mol. The van der Waals surface area contributed by atoms with E-state index in [4.69, 9.17) is 0 Å². The van der Waals surface area contributed by atoms with Crippen LogP contribution in [0, 0.1) is 6.92 Å². The smallest absolute Gasteiger partial charge is 0.237 e. The van der Waals surface area contributed by atoms with Crippen molar-refractivity contribution in [2.75, 3.05) is 45.8 Å². The van der Waals surface area contributed by atoms with E-state index in [1.54, 1.807) is 0 Å². The van der Waals surface area contributed by atoms with E-state index in [0.717, 1.165) is 64.1 Å². The van der Waals surface area contributed by atoms with Gasteiger partial charge in [0, 0.05) is 39.3 Å². The van der Waals surface area contributed by atoms with Gasteiger partial charge in [0.15, 0.2) is 0 Å². The zero-order chi connectivity index (χ0) is 19.9. The maximum absolute atomic E-state index is 12.6. The van der Waals surface area contributed by atoms with Crippen molar-refractivity contribution < 1.29 is 9.59 Å². The van der Waals surface area contributed by atoms with Crippen LogP contribution in [0.2, 0.25) is 0 Å². The number of carbonyl (C=O) groups excluding carboxylic acids is 2. The second kappa shape index (κ2) is 10.0. The first-order valence-corrected chi connectivity index (χ1v) is 10.6. The molecule has 1 N–H and O–H groups in total. The zero-order valence-corrected chi connectivity index (χ0v) is 17.3. The van der Waals surface area contributed by atoms with Gasteiger partial charge in [-0.05, 0) is 50.8 Å². The molecule has 1 unspecified atom stereocenters. The summed E-state index contributed by atoms with van der Waals surface area (Å²) in [6.45, 7) is 10.5. The number of amides is 2. The molecule has 0 bridgehead atoms. The van der Waals surface area contributed by atoms with Gasteiger partial charge < -0.3 is 10.2 Å². The van der Waals surface area contributed by atoms with Crippen LogP contribution in [-0.2, 0) is 16.1 Å². The lowest BCUT2D eigenvalue weighted by Gasteiger charge is -2.27. The Labute approximate surface area is 168 Å². The van der Waals surface area contributed by atoms with Crippen LogP contribution in [0.25, 0.3) is 0 Å². The average molecular weight is 387 g/mol. The third-order valence-electron chi connectivity index (χ3n) is 6.08. The summed E-state index contributed by atoms with van der Waals surface area (Å²) in [6.07, 6.45) is 3.26. The number of likely N-dealkylation sites (tertiary alicyclic amines) is 1. The van der Waals surface area contributed by atoms with Crippen molar-refractivity contribution in [2.24, 2.45) is 0 Å². The molecule has 0 saturated carbocycles. The highest BCUT2D eigenvalue weighted by Gasteiger charge is 2.26. The molecule has 2 saturated heterocycles. The SMILES string of the molecule is Cc1ccccc1CNC(=O)C(C)N1CCCN(CC(=O)N2CCCC2)CC1. The molecule has 6 nitrogen and oxygen atoms in total. The Kier molecular flexibility index (Phi) is 7.45. The second-order valence-corrected chi connectivity index (χ2v) is 8.07. The fraction of sp³-hybridized carbons (Fsp3) is 0.636. The molecule has 2 fully saturated rings. The van der Waals surface area contributed by atoms with E-state index in [1.807, 2.05) is 24.0 Å². The van der Waals surface area contributed by atoms with E-state index in [1.165, 1.54) is 5.56 Å². The quantitative estimate of drug-likeness (QED) is 0.807. The van der Waals surface area contributed by atoms with E-state index in [2.05, 4.69) is 34.2 Å². The van der Waals surface area contributed by atoms with E-state index < -0.39 is 0 Å². The molecule has 1 aromatic carbocycles. The summed E-state index contributed by atoms with van der Waals surface area (Å²) in [5.41, 5.74) is 2.36. The molecule has 3 rings (SSSR count). The molecule has 0 aliphatic carbocycles. The first-order chi connectivity index (χ1) is 13.5. The van der Waals surface area contributed by atoms with Crippen molar-refractivity contribution in [1.82, 2.24) is 20.0 Å². The minimum Gasteiger partial charge on any atom is -0.351 e. The summed E-state index contributed by atoms with van der Waals surface area (Å²) in [5.74, 6) is 0.333. The van der Waals surface area contributed by atoms with Crippen LogP contribution < -0.4 is 5.32 Å². The van der Waals surface area contributed by atoms with Crippen molar-refractivity contribution in [3.05, 3.63) is 35.4 Å². The van der Waals surface area contributed by atoms with Crippen molar-refractivity contribution in [3.8, 4) is 0 Å².